The van der Waals surface area contributed by atoms with Crippen LogP contribution in [0.3, 0.4) is 0 Å². The van der Waals surface area contributed by atoms with Gasteiger partial charge in [0, 0.05) is 6.42 Å². The predicted molar refractivity (Wildman–Crippen MR) is 56.9 cm³/mol. The van der Waals surface area contributed by atoms with Gasteiger partial charge in [-0.3, -0.25) is 10.1 Å². The molecule has 5 nitrogen and oxygen atoms in total. The van der Waals surface area contributed by atoms with Gasteiger partial charge in [0.05, 0.1) is 0 Å². The molecule has 0 atom stereocenters. The molecule has 0 unspecified atom stereocenters. The molecule has 0 aromatic rings. The van der Waals surface area contributed by atoms with Crippen LogP contribution in [0.25, 0.3) is 0 Å². The monoisotopic (exact) mass is 213 g/mol. The first-order chi connectivity index (χ1) is 7.08. The molecule has 0 radical (unpaired) electrons. The van der Waals surface area contributed by atoms with Gasteiger partial charge in [-0.2, -0.15) is 0 Å². The lowest BCUT2D eigenvalue weighted by Crippen LogP contribution is -2.42. The van der Waals surface area contributed by atoms with Gasteiger partial charge in [-0.05, 0) is 24.8 Å². The second kappa shape index (κ2) is 5.11. The second-order valence-electron chi connectivity index (χ2n) is 4.35. The van der Waals surface area contributed by atoms with E-state index in [4.69, 9.17) is 11.5 Å². The molecule has 0 aromatic carbocycles. The van der Waals surface area contributed by atoms with Crippen LogP contribution in [0.4, 0.5) is 4.79 Å². The normalized spacial score (nSPS) is 19.5. The maximum absolute atomic E-state index is 11.4. The zero-order chi connectivity index (χ0) is 11.3. The van der Waals surface area contributed by atoms with E-state index in [0.29, 0.717) is 13.0 Å². The van der Waals surface area contributed by atoms with Crippen LogP contribution in [0.5, 0.6) is 0 Å². The molecule has 0 saturated heterocycles. The number of rotatable bonds is 3. The maximum Gasteiger partial charge on any atom is 0.318 e. The van der Waals surface area contributed by atoms with E-state index in [0.717, 1.165) is 25.7 Å². The number of imide groups is 1. The summed E-state index contributed by atoms with van der Waals surface area (Å²) in [5.74, 6) is -0.310. The third kappa shape index (κ3) is 3.51. The molecule has 0 spiro atoms. The molecule has 1 aliphatic rings. The summed E-state index contributed by atoms with van der Waals surface area (Å²) >= 11 is 0. The van der Waals surface area contributed by atoms with Crippen LogP contribution in [0.2, 0.25) is 0 Å². The molecule has 0 bridgehead atoms. The minimum absolute atomic E-state index is 0.113. The Morgan fingerprint density at radius 2 is 1.80 bits per heavy atom. The van der Waals surface area contributed by atoms with Crippen molar-refractivity contribution < 1.29 is 9.59 Å². The molecular weight excluding hydrogens is 194 g/mol. The van der Waals surface area contributed by atoms with E-state index in [-0.39, 0.29) is 11.3 Å². The molecule has 15 heavy (non-hydrogen) atoms. The van der Waals surface area contributed by atoms with Crippen molar-refractivity contribution >= 4 is 11.9 Å². The van der Waals surface area contributed by atoms with Gasteiger partial charge >= 0.3 is 6.03 Å². The van der Waals surface area contributed by atoms with Gasteiger partial charge in [0.2, 0.25) is 5.91 Å². The Morgan fingerprint density at radius 1 is 1.20 bits per heavy atom. The number of hydrogen-bond donors (Lipinski definition) is 3. The fourth-order valence-electron chi connectivity index (χ4n) is 2.28. The Bertz CT molecular complexity index is 247. The summed E-state index contributed by atoms with van der Waals surface area (Å²) in [5.41, 5.74) is 10.5. The summed E-state index contributed by atoms with van der Waals surface area (Å²) in [6.45, 7) is 0.499. The lowest BCUT2D eigenvalue weighted by molar-refractivity contribution is -0.122. The Hall–Kier alpha value is -1.10. The highest BCUT2D eigenvalue weighted by Crippen LogP contribution is 2.38. The van der Waals surface area contributed by atoms with Crippen molar-refractivity contribution in [2.24, 2.45) is 16.9 Å². The number of carbonyl (C=O) groups is 2. The lowest BCUT2D eigenvalue weighted by Gasteiger charge is -2.35. The minimum atomic E-state index is -0.789. The van der Waals surface area contributed by atoms with Crippen molar-refractivity contribution in [2.75, 3.05) is 6.54 Å². The van der Waals surface area contributed by atoms with Crippen LogP contribution >= 0.6 is 0 Å². The fourth-order valence-corrected chi connectivity index (χ4v) is 2.28. The number of hydrogen-bond acceptors (Lipinski definition) is 3. The molecule has 86 valence electrons. The summed E-state index contributed by atoms with van der Waals surface area (Å²) in [4.78, 5) is 21.9. The van der Waals surface area contributed by atoms with Crippen LogP contribution in [-0.4, -0.2) is 18.5 Å². The smallest absolute Gasteiger partial charge is 0.318 e. The van der Waals surface area contributed by atoms with E-state index in [1.165, 1.54) is 6.42 Å². The zero-order valence-corrected chi connectivity index (χ0v) is 8.92. The molecule has 0 heterocycles. The van der Waals surface area contributed by atoms with Crippen molar-refractivity contribution in [1.29, 1.82) is 0 Å². The Balaban J connectivity index is 2.51. The van der Waals surface area contributed by atoms with Crippen molar-refractivity contribution in [3.8, 4) is 0 Å². The van der Waals surface area contributed by atoms with Gasteiger partial charge in [0.15, 0.2) is 0 Å². The van der Waals surface area contributed by atoms with E-state index in [1.54, 1.807) is 0 Å². The maximum atomic E-state index is 11.4. The van der Waals surface area contributed by atoms with E-state index in [9.17, 15) is 9.59 Å². The van der Waals surface area contributed by atoms with Crippen LogP contribution in [0.1, 0.15) is 38.5 Å². The first kappa shape index (κ1) is 12.0. The molecular formula is C10H19N3O2. The quantitative estimate of drug-likeness (QED) is 0.636. The SMILES string of the molecule is NCC1(CC(=O)NC(N)=O)CCCCC1. The Labute approximate surface area is 89.6 Å². The number of nitrogens with two attached hydrogens (primary N) is 2. The van der Waals surface area contributed by atoms with Crippen LogP contribution in [-0.2, 0) is 4.79 Å². The van der Waals surface area contributed by atoms with Crippen molar-refractivity contribution in [3.63, 3.8) is 0 Å². The number of amides is 3. The molecule has 1 aliphatic carbocycles. The van der Waals surface area contributed by atoms with E-state index < -0.39 is 6.03 Å². The number of primary amides is 1. The van der Waals surface area contributed by atoms with Gasteiger partial charge in [-0.15, -0.1) is 0 Å². The minimum Gasteiger partial charge on any atom is -0.351 e. The van der Waals surface area contributed by atoms with E-state index in [2.05, 4.69) is 5.32 Å². The molecule has 5 heteroatoms. The number of carbonyl (C=O) groups excluding carboxylic acids is 2. The molecule has 1 rings (SSSR count). The molecule has 3 amide bonds. The fraction of sp³-hybridized carbons (Fsp3) is 0.800. The lowest BCUT2D eigenvalue weighted by atomic mass is 9.72. The topological polar surface area (TPSA) is 98.2 Å². The summed E-state index contributed by atoms with van der Waals surface area (Å²) in [5, 5.41) is 2.09. The summed E-state index contributed by atoms with van der Waals surface area (Å²) in [6, 6.07) is -0.789. The summed E-state index contributed by atoms with van der Waals surface area (Å²) < 4.78 is 0. The van der Waals surface area contributed by atoms with Gasteiger partial charge in [-0.25, -0.2) is 4.79 Å². The largest absolute Gasteiger partial charge is 0.351 e. The third-order valence-electron chi connectivity index (χ3n) is 3.15. The van der Waals surface area contributed by atoms with Gasteiger partial charge < -0.3 is 11.5 Å². The molecule has 0 aromatic heterocycles. The van der Waals surface area contributed by atoms with Crippen molar-refractivity contribution in [3.05, 3.63) is 0 Å². The molecule has 1 saturated carbocycles. The molecule has 0 aliphatic heterocycles. The predicted octanol–water partition coefficient (Wildman–Crippen LogP) is 0.481. The number of nitrogens with one attached hydrogen (secondary N) is 1. The van der Waals surface area contributed by atoms with Crippen LogP contribution in [0, 0.1) is 5.41 Å². The highest BCUT2D eigenvalue weighted by molar-refractivity contribution is 5.93. The average molecular weight is 213 g/mol. The highest BCUT2D eigenvalue weighted by Gasteiger charge is 2.33. The second-order valence-corrected chi connectivity index (χ2v) is 4.35. The van der Waals surface area contributed by atoms with Gasteiger partial charge in [-0.1, -0.05) is 19.3 Å². The van der Waals surface area contributed by atoms with Crippen molar-refractivity contribution in [1.82, 2.24) is 5.32 Å². The summed E-state index contributed by atoms with van der Waals surface area (Å²) in [7, 11) is 0. The van der Waals surface area contributed by atoms with E-state index >= 15 is 0 Å². The number of urea groups is 1. The van der Waals surface area contributed by atoms with Crippen LogP contribution in [0.15, 0.2) is 0 Å². The van der Waals surface area contributed by atoms with E-state index in [1.807, 2.05) is 0 Å². The first-order valence-corrected chi connectivity index (χ1v) is 5.37. The van der Waals surface area contributed by atoms with Crippen LogP contribution < -0.4 is 16.8 Å². The Kier molecular flexibility index (Phi) is 4.08. The molecule has 1 fully saturated rings. The average Bonchev–Trinajstić information content (AvgIpc) is 2.17. The standard InChI is InChI=1S/C10H19N3O2/c11-7-10(4-2-1-3-5-10)6-8(14)13-9(12)15/h1-7,11H2,(H3,12,13,14,15). The third-order valence-corrected chi connectivity index (χ3v) is 3.15. The highest BCUT2D eigenvalue weighted by atomic mass is 16.2. The van der Waals surface area contributed by atoms with Gasteiger partial charge in [0.25, 0.3) is 0 Å². The molecule has 5 N–H and O–H groups in total. The Morgan fingerprint density at radius 3 is 2.27 bits per heavy atom. The van der Waals surface area contributed by atoms with Gasteiger partial charge in [0.1, 0.15) is 0 Å². The first-order valence-electron chi connectivity index (χ1n) is 5.37. The van der Waals surface area contributed by atoms with Crippen molar-refractivity contribution in [2.45, 2.75) is 38.5 Å². The zero-order valence-electron chi connectivity index (χ0n) is 8.92. The summed E-state index contributed by atoms with van der Waals surface area (Å²) in [6.07, 6.45) is 5.68.